The van der Waals surface area contributed by atoms with Crippen LogP contribution in [0.4, 0.5) is 0 Å². The van der Waals surface area contributed by atoms with Crippen molar-refractivity contribution in [1.29, 1.82) is 0 Å². The van der Waals surface area contributed by atoms with Crippen LogP contribution < -0.4 is 20.2 Å². The van der Waals surface area contributed by atoms with Crippen LogP contribution in [0, 0.1) is 11.8 Å². The van der Waals surface area contributed by atoms with Gasteiger partial charge in [0.15, 0.2) is 11.5 Å². The molecular formula is C31H46N4O8S. The molecule has 244 valence electrons. The molecule has 0 saturated carbocycles. The van der Waals surface area contributed by atoms with Crippen LogP contribution in [0.15, 0.2) is 53.4 Å². The largest absolute Gasteiger partial charge is 0.454 e. The van der Waals surface area contributed by atoms with E-state index in [1.54, 1.807) is 13.2 Å². The molecule has 0 saturated heterocycles. The first kappa shape index (κ1) is 35.3. The maximum absolute atomic E-state index is 13.9. The quantitative estimate of drug-likeness (QED) is 0.176. The number of benzene rings is 2. The van der Waals surface area contributed by atoms with Crippen molar-refractivity contribution in [2.24, 2.45) is 11.8 Å². The maximum atomic E-state index is 13.9. The second-order valence-corrected chi connectivity index (χ2v) is 13.6. The van der Waals surface area contributed by atoms with Crippen molar-refractivity contribution < 1.29 is 37.3 Å². The molecule has 1 aliphatic rings. The Morgan fingerprint density at radius 1 is 1.00 bits per heavy atom. The predicted octanol–water partition coefficient (Wildman–Crippen LogP) is 2.18. The Bertz CT molecular complexity index is 1320. The van der Waals surface area contributed by atoms with Gasteiger partial charge in [-0.15, -0.1) is 0 Å². The smallest absolute Gasteiger partial charge is 0.252 e. The molecule has 2 aromatic carbocycles. The normalized spacial score (nSPS) is 14.2. The van der Waals surface area contributed by atoms with Crippen LogP contribution in [0.3, 0.4) is 0 Å². The van der Waals surface area contributed by atoms with Gasteiger partial charge < -0.3 is 24.6 Å². The highest BCUT2D eigenvalue weighted by Gasteiger charge is 2.36. The van der Waals surface area contributed by atoms with Gasteiger partial charge in [-0.1, -0.05) is 58.0 Å². The summed E-state index contributed by atoms with van der Waals surface area (Å²) in [5.74, 6) is -0.190. The predicted molar refractivity (Wildman–Crippen MR) is 165 cm³/mol. The van der Waals surface area contributed by atoms with E-state index in [4.69, 9.17) is 14.2 Å². The number of carbonyl (C=O) groups is 2. The molecule has 0 radical (unpaired) electrons. The summed E-state index contributed by atoms with van der Waals surface area (Å²) < 4.78 is 44.8. The van der Waals surface area contributed by atoms with Crippen molar-refractivity contribution in [2.45, 2.75) is 57.6 Å². The lowest BCUT2D eigenvalue weighted by atomic mass is 9.99. The summed E-state index contributed by atoms with van der Waals surface area (Å²) in [7, 11) is -2.54. The van der Waals surface area contributed by atoms with Gasteiger partial charge in [-0.2, -0.15) is 4.31 Å². The molecule has 13 heteroatoms. The monoisotopic (exact) mass is 634 g/mol. The number of carbonyl (C=O) groups excluding carboxylic acids is 2. The second-order valence-electron chi connectivity index (χ2n) is 11.6. The van der Waals surface area contributed by atoms with Crippen LogP contribution in [-0.4, -0.2) is 93.5 Å². The number of sulfonamides is 1. The summed E-state index contributed by atoms with van der Waals surface area (Å²) in [6.45, 7) is 8.08. The second kappa shape index (κ2) is 16.7. The molecule has 1 heterocycles. The number of fused-ring (bicyclic) bond motifs is 1. The van der Waals surface area contributed by atoms with Crippen molar-refractivity contribution in [1.82, 2.24) is 20.1 Å². The number of amides is 2. The summed E-state index contributed by atoms with van der Waals surface area (Å²) >= 11 is 0. The van der Waals surface area contributed by atoms with Crippen LogP contribution in [-0.2, 0) is 30.8 Å². The number of rotatable bonds is 17. The zero-order chi connectivity index (χ0) is 32.3. The number of methoxy groups -OCH3 is 1. The standard InChI is InChI=1S/C31H46N4O8S/c1-22(2)15-31(38)35(33-30(37)18-32-13-14-41-5)26(16-24-9-7-6-8-10-24)27(36)20-34(19-23(3)4)44(39,40)25-11-12-28-29(17-25)43-21-42-28/h6-12,17,22-23,26-27,32,36H,13-16,18-21H2,1-5H3,(H,33,37)/t26-,27+/m0/s1. The van der Waals surface area contributed by atoms with Gasteiger partial charge in [0, 0.05) is 39.2 Å². The van der Waals surface area contributed by atoms with Crippen LogP contribution in [0.1, 0.15) is 39.7 Å². The van der Waals surface area contributed by atoms with Crippen molar-refractivity contribution in [3.63, 3.8) is 0 Å². The van der Waals surface area contributed by atoms with Crippen molar-refractivity contribution in [3.05, 3.63) is 54.1 Å². The lowest BCUT2D eigenvalue weighted by molar-refractivity contribution is -0.148. The van der Waals surface area contributed by atoms with E-state index >= 15 is 0 Å². The Hall–Kier alpha value is -3.23. The van der Waals surface area contributed by atoms with E-state index in [-0.39, 0.29) is 61.9 Å². The molecule has 0 aromatic heterocycles. The molecule has 2 aromatic rings. The summed E-state index contributed by atoms with van der Waals surface area (Å²) in [6, 6.07) is 12.7. The van der Waals surface area contributed by atoms with Gasteiger partial charge in [-0.3, -0.25) is 15.0 Å². The number of ether oxygens (including phenoxy) is 3. The van der Waals surface area contributed by atoms with E-state index in [1.165, 1.54) is 21.4 Å². The molecule has 0 spiro atoms. The first-order valence-corrected chi connectivity index (χ1v) is 16.3. The van der Waals surface area contributed by atoms with Crippen LogP contribution in [0.25, 0.3) is 0 Å². The highest BCUT2D eigenvalue weighted by Crippen LogP contribution is 2.35. The third-order valence-corrected chi connectivity index (χ3v) is 8.70. The van der Waals surface area contributed by atoms with E-state index in [2.05, 4.69) is 10.7 Å². The Kier molecular flexibility index (Phi) is 13.4. The zero-order valence-corrected chi connectivity index (χ0v) is 27.0. The highest BCUT2D eigenvalue weighted by molar-refractivity contribution is 7.89. The fraction of sp³-hybridized carbons (Fsp3) is 0.548. The third kappa shape index (κ3) is 10.2. The van der Waals surface area contributed by atoms with E-state index in [9.17, 15) is 23.1 Å². The molecule has 0 bridgehead atoms. The van der Waals surface area contributed by atoms with Gasteiger partial charge in [0.25, 0.3) is 5.91 Å². The zero-order valence-electron chi connectivity index (χ0n) is 26.2. The lowest BCUT2D eigenvalue weighted by Crippen LogP contribution is -2.60. The summed E-state index contributed by atoms with van der Waals surface area (Å²) in [5.41, 5.74) is 3.50. The molecular weight excluding hydrogens is 588 g/mol. The van der Waals surface area contributed by atoms with Gasteiger partial charge in [-0.25, -0.2) is 13.4 Å². The van der Waals surface area contributed by atoms with Gasteiger partial charge >= 0.3 is 0 Å². The SMILES string of the molecule is COCCNCC(=O)NN(C(=O)CC(C)C)[C@@H](Cc1ccccc1)[C@H](O)CN(CC(C)C)S(=O)(=O)c1ccc2c(c1)OCO2. The molecule has 2 atom stereocenters. The number of hydrogen-bond donors (Lipinski definition) is 3. The van der Waals surface area contributed by atoms with Gasteiger partial charge in [0.1, 0.15) is 0 Å². The molecule has 0 fully saturated rings. The van der Waals surface area contributed by atoms with Gasteiger partial charge in [0.05, 0.1) is 30.2 Å². The number of aliphatic hydroxyl groups is 1. The van der Waals surface area contributed by atoms with E-state index in [0.29, 0.717) is 24.7 Å². The first-order chi connectivity index (χ1) is 20.9. The number of hydrazine groups is 1. The van der Waals surface area contributed by atoms with Crippen molar-refractivity contribution in [2.75, 3.05) is 46.7 Å². The van der Waals surface area contributed by atoms with Gasteiger partial charge in [0.2, 0.25) is 22.7 Å². The van der Waals surface area contributed by atoms with E-state index in [1.807, 2.05) is 58.0 Å². The summed E-state index contributed by atoms with van der Waals surface area (Å²) in [4.78, 5) is 26.6. The number of nitrogens with one attached hydrogen (secondary N) is 2. The van der Waals surface area contributed by atoms with Crippen LogP contribution in [0.5, 0.6) is 11.5 Å². The fourth-order valence-electron chi connectivity index (χ4n) is 4.78. The molecule has 44 heavy (non-hydrogen) atoms. The summed E-state index contributed by atoms with van der Waals surface area (Å²) in [5, 5.41) is 15.9. The Balaban J connectivity index is 1.96. The third-order valence-electron chi connectivity index (χ3n) is 6.87. The average molecular weight is 635 g/mol. The molecule has 0 aliphatic carbocycles. The lowest BCUT2D eigenvalue weighted by Gasteiger charge is -2.37. The Labute approximate surface area is 260 Å². The molecule has 1 aliphatic heterocycles. The molecule has 12 nitrogen and oxygen atoms in total. The van der Waals surface area contributed by atoms with Crippen molar-refractivity contribution >= 4 is 21.8 Å². The average Bonchev–Trinajstić information content (AvgIpc) is 3.45. The topological polar surface area (TPSA) is 147 Å². The number of hydrogen-bond acceptors (Lipinski definition) is 9. The minimum atomic E-state index is -4.10. The summed E-state index contributed by atoms with van der Waals surface area (Å²) in [6.07, 6.45) is -1.08. The highest BCUT2D eigenvalue weighted by atomic mass is 32.2. The Morgan fingerprint density at radius 2 is 1.70 bits per heavy atom. The van der Waals surface area contributed by atoms with Gasteiger partial charge in [-0.05, 0) is 36.0 Å². The van der Waals surface area contributed by atoms with Crippen LogP contribution >= 0.6 is 0 Å². The molecule has 3 rings (SSSR count). The Morgan fingerprint density at radius 3 is 2.36 bits per heavy atom. The minimum Gasteiger partial charge on any atom is -0.454 e. The van der Waals surface area contributed by atoms with Crippen LogP contribution in [0.2, 0.25) is 0 Å². The molecule has 2 amide bonds. The number of nitrogens with zero attached hydrogens (tertiary/aromatic N) is 2. The van der Waals surface area contributed by atoms with Crippen molar-refractivity contribution in [3.8, 4) is 11.5 Å². The minimum absolute atomic E-state index is 0.00227. The van der Waals surface area contributed by atoms with E-state index < -0.39 is 28.1 Å². The van der Waals surface area contributed by atoms with E-state index in [0.717, 1.165) is 5.56 Å². The molecule has 0 unspecified atom stereocenters. The molecule has 3 N–H and O–H groups in total. The fourth-order valence-corrected chi connectivity index (χ4v) is 6.42. The maximum Gasteiger partial charge on any atom is 0.252 e. The first-order valence-electron chi connectivity index (χ1n) is 14.8. The number of aliphatic hydroxyl groups excluding tert-OH is 1.